The van der Waals surface area contributed by atoms with Gasteiger partial charge in [-0.05, 0) is 67.1 Å². The first-order valence-electron chi connectivity index (χ1n) is 14.3. The number of anilines is 2. The van der Waals surface area contributed by atoms with Crippen LogP contribution in [0.2, 0.25) is 10.0 Å². The van der Waals surface area contributed by atoms with E-state index in [2.05, 4.69) is 16.0 Å². The fourth-order valence-corrected chi connectivity index (χ4v) is 5.75. The molecule has 12 heteroatoms. The number of rotatable bonds is 10. The van der Waals surface area contributed by atoms with Crippen molar-refractivity contribution in [3.05, 3.63) is 146 Å². The molecule has 5 aromatic rings. The van der Waals surface area contributed by atoms with Crippen molar-refractivity contribution in [3.63, 3.8) is 0 Å². The fourth-order valence-electron chi connectivity index (χ4n) is 4.63. The Hall–Kier alpha value is -5.03. The van der Waals surface area contributed by atoms with Gasteiger partial charge in [0, 0.05) is 23.2 Å². The zero-order valence-electron chi connectivity index (χ0n) is 25.3. The number of nitrogens with zero attached hydrogens (tertiary/aromatic N) is 2. The summed E-state index contributed by atoms with van der Waals surface area (Å²) in [7, 11) is 1.76. The van der Waals surface area contributed by atoms with Crippen molar-refractivity contribution in [3.8, 4) is 5.69 Å². The van der Waals surface area contributed by atoms with E-state index < -0.39 is 11.8 Å². The van der Waals surface area contributed by atoms with Crippen LogP contribution in [0.15, 0.2) is 119 Å². The maximum atomic E-state index is 13.5. The molecule has 0 saturated carbocycles. The topological polar surface area (TPSA) is 114 Å². The van der Waals surface area contributed by atoms with Gasteiger partial charge in [-0.1, -0.05) is 77.8 Å². The monoisotopic (exact) mass is 685 g/mol. The number of hydrogen-bond donors (Lipinski definition) is 3. The molecule has 0 bridgehead atoms. The van der Waals surface area contributed by atoms with Gasteiger partial charge < -0.3 is 16.0 Å². The van der Waals surface area contributed by atoms with Crippen LogP contribution in [0, 0.1) is 6.92 Å². The molecule has 3 N–H and O–H groups in total. The molecule has 0 fully saturated rings. The SMILES string of the molecule is Cc1c(NC(=O)CSc2cccc(NC(=O)/C(=C\c3cccc(Cl)c3Cl)NC(=O)c3ccccc3)c2)c(=O)n(-c2ccccc2)n1C. The van der Waals surface area contributed by atoms with Crippen molar-refractivity contribution in [1.82, 2.24) is 14.7 Å². The lowest BCUT2D eigenvalue weighted by Gasteiger charge is -2.13. The molecule has 1 heterocycles. The predicted octanol–water partition coefficient (Wildman–Crippen LogP) is 6.93. The molecule has 238 valence electrons. The number of hydrogen-bond acceptors (Lipinski definition) is 5. The van der Waals surface area contributed by atoms with Crippen LogP contribution < -0.4 is 21.5 Å². The Morgan fingerprint density at radius 3 is 2.26 bits per heavy atom. The van der Waals surface area contributed by atoms with E-state index in [0.717, 1.165) is 0 Å². The largest absolute Gasteiger partial charge is 0.321 e. The normalized spacial score (nSPS) is 11.2. The van der Waals surface area contributed by atoms with Gasteiger partial charge in [0.25, 0.3) is 17.4 Å². The van der Waals surface area contributed by atoms with Crippen molar-refractivity contribution in [2.24, 2.45) is 7.05 Å². The Kier molecular flexibility index (Phi) is 10.7. The van der Waals surface area contributed by atoms with Crippen LogP contribution in [0.1, 0.15) is 21.6 Å². The molecule has 47 heavy (non-hydrogen) atoms. The maximum Gasteiger partial charge on any atom is 0.295 e. The van der Waals surface area contributed by atoms with Crippen molar-refractivity contribution in [1.29, 1.82) is 0 Å². The lowest BCUT2D eigenvalue weighted by molar-refractivity contribution is -0.114. The molecule has 0 unspecified atom stereocenters. The second-order valence-electron chi connectivity index (χ2n) is 10.3. The highest BCUT2D eigenvalue weighted by molar-refractivity contribution is 8.00. The Labute approximate surface area is 285 Å². The second kappa shape index (κ2) is 15.0. The van der Waals surface area contributed by atoms with Gasteiger partial charge in [0.2, 0.25) is 5.91 Å². The van der Waals surface area contributed by atoms with Gasteiger partial charge in [0.15, 0.2) is 0 Å². The second-order valence-corrected chi connectivity index (χ2v) is 12.1. The summed E-state index contributed by atoms with van der Waals surface area (Å²) in [5.41, 5.74) is 2.36. The summed E-state index contributed by atoms with van der Waals surface area (Å²) >= 11 is 13.8. The molecule has 0 aliphatic heterocycles. The van der Waals surface area contributed by atoms with E-state index in [-0.39, 0.29) is 33.6 Å². The number of aromatic nitrogens is 2. The van der Waals surface area contributed by atoms with Crippen LogP contribution in [0.4, 0.5) is 11.4 Å². The van der Waals surface area contributed by atoms with E-state index in [1.54, 1.807) is 91.4 Å². The van der Waals surface area contributed by atoms with Crippen LogP contribution in [-0.2, 0) is 16.6 Å². The lowest BCUT2D eigenvalue weighted by atomic mass is 10.1. The Balaban J connectivity index is 1.29. The summed E-state index contributed by atoms with van der Waals surface area (Å²) in [6, 6.07) is 29.5. The van der Waals surface area contributed by atoms with Crippen molar-refractivity contribution >= 4 is 70.1 Å². The van der Waals surface area contributed by atoms with Gasteiger partial charge >= 0.3 is 0 Å². The molecule has 3 amide bonds. The molecule has 0 aliphatic carbocycles. The highest BCUT2D eigenvalue weighted by atomic mass is 35.5. The summed E-state index contributed by atoms with van der Waals surface area (Å²) in [6.07, 6.45) is 1.45. The van der Waals surface area contributed by atoms with E-state index in [1.807, 2.05) is 30.3 Å². The third-order valence-electron chi connectivity index (χ3n) is 7.09. The molecule has 1 aromatic heterocycles. The first-order chi connectivity index (χ1) is 22.6. The summed E-state index contributed by atoms with van der Waals surface area (Å²) in [4.78, 5) is 53.2. The van der Waals surface area contributed by atoms with Gasteiger partial charge in [-0.3, -0.25) is 23.9 Å². The third kappa shape index (κ3) is 8.04. The quantitative estimate of drug-likeness (QED) is 0.109. The van der Waals surface area contributed by atoms with E-state index in [0.29, 0.717) is 38.1 Å². The zero-order valence-corrected chi connectivity index (χ0v) is 27.6. The average Bonchev–Trinajstić information content (AvgIpc) is 3.28. The number of para-hydroxylation sites is 1. The Morgan fingerprint density at radius 1 is 0.851 bits per heavy atom. The smallest absolute Gasteiger partial charge is 0.295 e. The standard InChI is InChI=1S/C35H29Cl2N5O4S/c1-22-32(35(46)42(41(22)2)26-15-7-4-8-16-26)40-30(43)21-47-27-17-10-14-25(20-27)38-34(45)29(19-24-13-9-18-28(36)31(24)37)39-33(44)23-11-5-3-6-12-23/h3-20H,21H2,1-2H3,(H,38,45)(H,39,44)(H,40,43)/b29-19+. The minimum absolute atomic E-state index is 0.0159. The van der Waals surface area contributed by atoms with Crippen LogP contribution in [0.25, 0.3) is 11.8 Å². The minimum Gasteiger partial charge on any atom is -0.321 e. The minimum atomic E-state index is -0.598. The van der Waals surface area contributed by atoms with Crippen molar-refractivity contribution in [2.45, 2.75) is 11.8 Å². The summed E-state index contributed by atoms with van der Waals surface area (Å²) < 4.78 is 3.19. The van der Waals surface area contributed by atoms with Crippen LogP contribution in [-0.4, -0.2) is 32.8 Å². The van der Waals surface area contributed by atoms with Gasteiger partial charge in [-0.15, -0.1) is 11.8 Å². The molecular formula is C35H29Cl2N5O4S. The zero-order chi connectivity index (χ0) is 33.5. The first kappa shape index (κ1) is 33.3. The molecule has 0 spiro atoms. The molecule has 0 radical (unpaired) electrons. The number of benzene rings is 4. The van der Waals surface area contributed by atoms with E-state index in [4.69, 9.17) is 23.2 Å². The lowest BCUT2D eigenvalue weighted by Crippen LogP contribution is -2.30. The van der Waals surface area contributed by atoms with E-state index >= 15 is 0 Å². The van der Waals surface area contributed by atoms with E-state index in [1.165, 1.54) is 22.5 Å². The summed E-state index contributed by atoms with van der Waals surface area (Å²) in [5.74, 6) is -1.42. The number of amides is 3. The first-order valence-corrected chi connectivity index (χ1v) is 16.1. The Morgan fingerprint density at radius 2 is 1.53 bits per heavy atom. The predicted molar refractivity (Wildman–Crippen MR) is 189 cm³/mol. The molecule has 0 atom stereocenters. The third-order valence-corrected chi connectivity index (χ3v) is 8.92. The fraction of sp³-hybridized carbons (Fsp3) is 0.0857. The number of carbonyl (C=O) groups is 3. The van der Waals surface area contributed by atoms with E-state index in [9.17, 15) is 19.2 Å². The van der Waals surface area contributed by atoms with Gasteiger partial charge in [0.05, 0.1) is 27.2 Å². The van der Waals surface area contributed by atoms with Gasteiger partial charge in [-0.25, -0.2) is 4.68 Å². The van der Waals surface area contributed by atoms with Crippen LogP contribution in [0.5, 0.6) is 0 Å². The van der Waals surface area contributed by atoms with Crippen LogP contribution in [0.3, 0.4) is 0 Å². The van der Waals surface area contributed by atoms with Gasteiger partial charge in [-0.2, -0.15) is 0 Å². The maximum absolute atomic E-state index is 13.5. The molecule has 0 saturated heterocycles. The molecule has 4 aromatic carbocycles. The molecular weight excluding hydrogens is 657 g/mol. The summed E-state index contributed by atoms with van der Waals surface area (Å²) in [6.45, 7) is 1.76. The highest BCUT2D eigenvalue weighted by Crippen LogP contribution is 2.28. The average molecular weight is 687 g/mol. The summed E-state index contributed by atoms with van der Waals surface area (Å²) in [5, 5.41) is 8.76. The molecule has 5 rings (SSSR count). The van der Waals surface area contributed by atoms with Crippen LogP contribution >= 0.6 is 35.0 Å². The van der Waals surface area contributed by atoms with Gasteiger partial charge in [0.1, 0.15) is 11.4 Å². The number of nitrogens with one attached hydrogen (secondary N) is 3. The highest BCUT2D eigenvalue weighted by Gasteiger charge is 2.19. The molecule has 0 aliphatic rings. The Bertz CT molecular complexity index is 2040. The number of carbonyl (C=O) groups excluding carboxylic acids is 3. The van der Waals surface area contributed by atoms with Crippen molar-refractivity contribution in [2.75, 3.05) is 16.4 Å². The number of thioether (sulfide) groups is 1. The van der Waals surface area contributed by atoms with Crippen molar-refractivity contribution < 1.29 is 14.4 Å². The number of halogens is 2. The molecule has 9 nitrogen and oxygen atoms in total.